The summed E-state index contributed by atoms with van der Waals surface area (Å²) in [4.78, 5) is 34.9. The van der Waals surface area contributed by atoms with Gasteiger partial charge in [0.1, 0.15) is 11.5 Å². The molecule has 35 heavy (non-hydrogen) atoms. The Balaban J connectivity index is 1.55. The molecule has 0 aliphatic carbocycles. The molecule has 0 saturated carbocycles. The minimum atomic E-state index is -0.359. The Morgan fingerprint density at radius 1 is 1.17 bits per heavy atom. The topological polar surface area (TPSA) is 107 Å². The number of hydrogen-bond donors (Lipinski definition) is 2. The number of nitrogens with zero attached hydrogens (tertiary/aromatic N) is 3. The van der Waals surface area contributed by atoms with Gasteiger partial charge in [0.15, 0.2) is 0 Å². The monoisotopic (exact) mass is 481 g/mol. The molecule has 0 radical (unpaired) electrons. The van der Waals surface area contributed by atoms with Crippen LogP contribution < -0.4 is 15.4 Å². The minimum Gasteiger partial charge on any atom is -0.480 e. The zero-order valence-electron chi connectivity index (χ0n) is 19.9. The van der Waals surface area contributed by atoms with E-state index in [1.165, 1.54) is 25.4 Å². The fourth-order valence-electron chi connectivity index (χ4n) is 4.05. The first-order valence-electron chi connectivity index (χ1n) is 11.4. The van der Waals surface area contributed by atoms with E-state index in [1.807, 2.05) is 18.4 Å². The van der Waals surface area contributed by atoms with Crippen LogP contribution in [0.1, 0.15) is 70.1 Å². The molecule has 4 rings (SSSR count). The van der Waals surface area contributed by atoms with Crippen molar-refractivity contribution in [3.63, 3.8) is 0 Å². The van der Waals surface area contributed by atoms with Crippen LogP contribution in [0.4, 0.5) is 4.39 Å². The predicted octanol–water partition coefficient (Wildman–Crippen LogP) is 3.33. The van der Waals surface area contributed by atoms with Crippen molar-refractivity contribution in [1.82, 2.24) is 25.2 Å². The fraction of sp³-hybridized carbons (Fsp3) is 0.360. The van der Waals surface area contributed by atoms with Gasteiger partial charge in [0.2, 0.25) is 5.88 Å². The van der Waals surface area contributed by atoms with Crippen LogP contribution in [0.3, 0.4) is 0 Å². The van der Waals surface area contributed by atoms with Crippen LogP contribution in [0.25, 0.3) is 0 Å². The molecule has 2 atom stereocenters. The number of aromatic nitrogens is 3. The molecule has 0 bridgehead atoms. The number of carbonyl (C=O) groups is 2. The Bertz CT molecular complexity index is 1190. The average Bonchev–Trinajstić information content (AvgIpc) is 3.27. The van der Waals surface area contributed by atoms with Crippen LogP contribution in [-0.4, -0.2) is 40.1 Å². The first-order chi connectivity index (χ1) is 16.9. The molecule has 2 amide bonds. The van der Waals surface area contributed by atoms with Crippen molar-refractivity contribution >= 4 is 11.8 Å². The Labute approximate surface area is 202 Å². The van der Waals surface area contributed by atoms with Gasteiger partial charge in [0.25, 0.3) is 11.8 Å². The lowest BCUT2D eigenvalue weighted by molar-refractivity contribution is 0.0773. The van der Waals surface area contributed by atoms with Crippen LogP contribution >= 0.6 is 0 Å². The minimum absolute atomic E-state index is 0.224. The second kappa shape index (κ2) is 10.6. The Morgan fingerprint density at radius 2 is 1.94 bits per heavy atom. The second-order valence-electron chi connectivity index (χ2n) is 8.26. The number of nitrogens with one attached hydrogen (secondary N) is 2. The maximum Gasteiger partial charge on any atom is 0.268 e. The molecule has 2 aromatic heterocycles. The van der Waals surface area contributed by atoms with Crippen LogP contribution in [-0.2, 0) is 17.9 Å². The van der Waals surface area contributed by atoms with Crippen LogP contribution in [0, 0.1) is 5.82 Å². The van der Waals surface area contributed by atoms with Gasteiger partial charge in [-0.05, 0) is 37.1 Å². The van der Waals surface area contributed by atoms with E-state index < -0.39 is 0 Å². The van der Waals surface area contributed by atoms with Crippen molar-refractivity contribution in [3.05, 3.63) is 76.8 Å². The van der Waals surface area contributed by atoms with E-state index in [0.29, 0.717) is 48.1 Å². The van der Waals surface area contributed by atoms with E-state index in [0.717, 1.165) is 5.56 Å². The predicted molar refractivity (Wildman–Crippen MR) is 125 cm³/mol. The van der Waals surface area contributed by atoms with Crippen molar-refractivity contribution in [3.8, 4) is 5.88 Å². The molecule has 0 fully saturated rings. The normalized spacial score (nSPS) is 14.5. The van der Waals surface area contributed by atoms with Gasteiger partial charge < -0.3 is 24.7 Å². The summed E-state index contributed by atoms with van der Waals surface area (Å²) in [5.74, 6) is -0.597. The number of halogens is 1. The number of fused-ring (bicyclic) bond motifs is 1. The molecule has 1 aliphatic heterocycles. The zero-order chi connectivity index (χ0) is 24.9. The van der Waals surface area contributed by atoms with Gasteiger partial charge in [0.05, 0.1) is 61.8 Å². The number of amides is 2. The van der Waals surface area contributed by atoms with Crippen molar-refractivity contribution in [1.29, 1.82) is 0 Å². The Hall–Kier alpha value is -3.79. The van der Waals surface area contributed by atoms with Gasteiger partial charge in [-0.3, -0.25) is 14.6 Å². The summed E-state index contributed by atoms with van der Waals surface area (Å²) in [7, 11) is 1.51. The average molecular weight is 482 g/mol. The van der Waals surface area contributed by atoms with Crippen molar-refractivity contribution < 1.29 is 23.5 Å². The maximum absolute atomic E-state index is 13.3. The van der Waals surface area contributed by atoms with E-state index in [-0.39, 0.29) is 36.3 Å². The van der Waals surface area contributed by atoms with Gasteiger partial charge in [0, 0.05) is 6.54 Å². The van der Waals surface area contributed by atoms with Gasteiger partial charge >= 0.3 is 0 Å². The zero-order valence-corrected chi connectivity index (χ0v) is 19.9. The summed E-state index contributed by atoms with van der Waals surface area (Å²) in [6, 6.07) is 6.85. The summed E-state index contributed by atoms with van der Waals surface area (Å²) in [6.07, 6.45) is 3.68. The third-order valence-corrected chi connectivity index (χ3v) is 6.03. The quantitative estimate of drug-likeness (QED) is 0.511. The highest BCUT2D eigenvalue weighted by atomic mass is 19.1. The molecule has 2 N–H and O–H groups in total. The number of benzene rings is 1. The number of ether oxygens (including phenoxy) is 2. The van der Waals surface area contributed by atoms with Gasteiger partial charge in [-0.1, -0.05) is 19.1 Å². The molecule has 0 saturated heterocycles. The third-order valence-electron chi connectivity index (χ3n) is 6.03. The van der Waals surface area contributed by atoms with Crippen molar-refractivity contribution in [2.75, 3.05) is 13.7 Å². The largest absolute Gasteiger partial charge is 0.480 e. The molecule has 0 spiro atoms. The summed E-state index contributed by atoms with van der Waals surface area (Å²) in [5.41, 5.74) is 2.78. The van der Waals surface area contributed by atoms with Gasteiger partial charge in [-0.25, -0.2) is 9.37 Å². The third kappa shape index (κ3) is 5.32. The summed E-state index contributed by atoms with van der Waals surface area (Å²) < 4.78 is 25.7. The molecule has 1 aromatic carbocycles. The number of carbonyl (C=O) groups excluding carboxylic acids is 2. The molecule has 0 unspecified atom stereocenters. The highest BCUT2D eigenvalue weighted by molar-refractivity contribution is 6.01. The highest BCUT2D eigenvalue weighted by Gasteiger charge is 2.28. The maximum atomic E-state index is 13.3. The lowest BCUT2D eigenvalue weighted by Gasteiger charge is -2.21. The molecule has 10 heteroatoms. The van der Waals surface area contributed by atoms with Crippen LogP contribution in [0.5, 0.6) is 5.88 Å². The van der Waals surface area contributed by atoms with E-state index in [9.17, 15) is 14.0 Å². The van der Waals surface area contributed by atoms with E-state index in [4.69, 9.17) is 9.47 Å². The van der Waals surface area contributed by atoms with Crippen LogP contribution in [0.15, 0.2) is 42.7 Å². The summed E-state index contributed by atoms with van der Waals surface area (Å²) >= 11 is 0. The smallest absolute Gasteiger partial charge is 0.268 e. The van der Waals surface area contributed by atoms with Gasteiger partial charge in [-0.2, -0.15) is 0 Å². The highest BCUT2D eigenvalue weighted by Crippen LogP contribution is 2.24. The lowest BCUT2D eigenvalue weighted by atomic mass is 10.1. The summed E-state index contributed by atoms with van der Waals surface area (Å²) in [6.45, 7) is 4.88. The Kier molecular flexibility index (Phi) is 7.40. The first kappa shape index (κ1) is 24.3. The molecule has 3 heterocycles. The molecular formula is C25H28FN5O4. The number of rotatable bonds is 8. The molecule has 1 aliphatic rings. The first-order valence-corrected chi connectivity index (χ1v) is 11.4. The molecular weight excluding hydrogens is 453 g/mol. The second-order valence-corrected chi connectivity index (χ2v) is 8.26. The lowest BCUT2D eigenvalue weighted by Crippen LogP contribution is -2.32. The van der Waals surface area contributed by atoms with E-state index in [1.54, 1.807) is 24.4 Å². The van der Waals surface area contributed by atoms with Crippen LogP contribution in [0.2, 0.25) is 0 Å². The fourth-order valence-corrected chi connectivity index (χ4v) is 4.05. The Morgan fingerprint density at radius 3 is 2.60 bits per heavy atom. The van der Waals surface area contributed by atoms with E-state index >= 15 is 0 Å². The summed E-state index contributed by atoms with van der Waals surface area (Å²) in [5, 5.41) is 5.93. The molecule has 184 valence electrons. The molecule has 3 aromatic rings. The SMILES string of the molecule is CC[C@@H](NC(=O)c1cc(C(=O)N[C@H](C)c2ccc(F)cc2)c2n1CCOC2)c1cnc(OC)cn1. The van der Waals surface area contributed by atoms with E-state index in [2.05, 4.69) is 20.6 Å². The van der Waals surface area contributed by atoms with Gasteiger partial charge in [-0.15, -0.1) is 0 Å². The number of methoxy groups -OCH3 is 1. The van der Waals surface area contributed by atoms with Crippen molar-refractivity contribution in [2.45, 2.75) is 45.5 Å². The molecule has 9 nitrogen and oxygen atoms in total. The van der Waals surface area contributed by atoms with Crippen molar-refractivity contribution in [2.24, 2.45) is 0 Å². The standard InChI is InChI=1S/C25H28FN5O4/c1-4-19(20-12-28-23(34-3)13-27-20)30-25(33)21-11-18(22-14-35-10-9-31(21)22)24(32)29-15(2)16-5-7-17(26)8-6-16/h5-8,11-13,15,19H,4,9-10,14H2,1-3H3,(H,29,32)(H,30,33)/t15-,19-/m1/s1. The number of hydrogen-bond acceptors (Lipinski definition) is 6.